The first-order valence-electron chi connectivity index (χ1n) is 5.60. The van der Waals surface area contributed by atoms with E-state index in [4.69, 9.17) is 4.74 Å². The number of carbonyl (C=O) groups excluding carboxylic acids is 2. The highest BCUT2D eigenvalue weighted by molar-refractivity contribution is 6.01. The third-order valence-corrected chi connectivity index (χ3v) is 3.43. The molecule has 1 rings (SSSR count). The third kappa shape index (κ3) is 2.39. The first-order chi connectivity index (χ1) is 6.99. The summed E-state index contributed by atoms with van der Waals surface area (Å²) in [5.74, 6) is -0.341. The van der Waals surface area contributed by atoms with Crippen molar-refractivity contribution in [1.29, 1.82) is 0 Å². The molecular formula is C12H20O3. The van der Waals surface area contributed by atoms with Gasteiger partial charge in [0.25, 0.3) is 0 Å². The Morgan fingerprint density at radius 1 is 1.40 bits per heavy atom. The van der Waals surface area contributed by atoms with Crippen molar-refractivity contribution >= 4 is 11.8 Å². The van der Waals surface area contributed by atoms with Gasteiger partial charge in [-0.3, -0.25) is 9.59 Å². The van der Waals surface area contributed by atoms with Gasteiger partial charge in [-0.05, 0) is 24.7 Å². The molecule has 0 bridgehead atoms. The normalized spacial score (nSPS) is 31.8. The number of ether oxygens (including phenoxy) is 1. The lowest BCUT2D eigenvalue weighted by molar-refractivity contribution is -0.155. The highest BCUT2D eigenvalue weighted by Crippen LogP contribution is 2.35. The molecule has 0 radical (unpaired) electrons. The van der Waals surface area contributed by atoms with Gasteiger partial charge in [0, 0.05) is 5.92 Å². The highest BCUT2D eigenvalue weighted by atomic mass is 16.5. The van der Waals surface area contributed by atoms with Gasteiger partial charge in [-0.25, -0.2) is 0 Å². The molecule has 0 aliphatic heterocycles. The Kier molecular flexibility index (Phi) is 3.89. The van der Waals surface area contributed by atoms with Crippen molar-refractivity contribution in [2.75, 3.05) is 7.11 Å². The van der Waals surface area contributed by atoms with Crippen LogP contribution >= 0.6 is 0 Å². The largest absolute Gasteiger partial charge is 0.468 e. The van der Waals surface area contributed by atoms with E-state index < -0.39 is 5.92 Å². The monoisotopic (exact) mass is 212 g/mol. The van der Waals surface area contributed by atoms with Crippen LogP contribution < -0.4 is 0 Å². The van der Waals surface area contributed by atoms with Crippen LogP contribution in [-0.2, 0) is 14.3 Å². The summed E-state index contributed by atoms with van der Waals surface area (Å²) in [6, 6.07) is 0. The summed E-state index contributed by atoms with van der Waals surface area (Å²) in [5, 5.41) is 0. The zero-order chi connectivity index (χ0) is 11.6. The number of rotatable bonds is 2. The average Bonchev–Trinajstić information content (AvgIpc) is 2.16. The fourth-order valence-electron chi connectivity index (χ4n) is 2.40. The first-order valence-corrected chi connectivity index (χ1v) is 5.60. The number of hydrogen-bond donors (Lipinski definition) is 0. The number of Topliss-reactive ketones (excluding diaryl/α,β-unsaturated/α-hetero) is 1. The minimum Gasteiger partial charge on any atom is -0.468 e. The van der Waals surface area contributed by atoms with Gasteiger partial charge < -0.3 is 4.74 Å². The summed E-state index contributed by atoms with van der Waals surface area (Å²) in [4.78, 5) is 23.6. The van der Waals surface area contributed by atoms with Gasteiger partial charge in [-0.2, -0.15) is 0 Å². The second-order valence-electron chi connectivity index (χ2n) is 4.81. The molecule has 15 heavy (non-hydrogen) atoms. The Morgan fingerprint density at radius 3 is 2.47 bits per heavy atom. The van der Waals surface area contributed by atoms with Crippen molar-refractivity contribution in [3.05, 3.63) is 0 Å². The van der Waals surface area contributed by atoms with Crippen LogP contribution in [-0.4, -0.2) is 18.9 Å². The molecule has 1 aliphatic rings. The standard InChI is InChI=1S/C12H20O3/c1-7(2)9-6-5-8(3)10(11(9)13)12(14)15-4/h7-10H,5-6H2,1-4H3/t8-,9+,10?/m0/s1. The van der Waals surface area contributed by atoms with E-state index in [-0.39, 0.29) is 23.6 Å². The molecule has 1 aliphatic carbocycles. The van der Waals surface area contributed by atoms with E-state index in [2.05, 4.69) is 0 Å². The summed E-state index contributed by atoms with van der Waals surface area (Å²) in [7, 11) is 1.35. The van der Waals surface area contributed by atoms with E-state index in [0.29, 0.717) is 5.92 Å². The van der Waals surface area contributed by atoms with Crippen molar-refractivity contribution < 1.29 is 14.3 Å². The number of ketones is 1. The molecule has 0 aromatic heterocycles. The van der Waals surface area contributed by atoms with Gasteiger partial charge in [-0.1, -0.05) is 20.8 Å². The summed E-state index contributed by atoms with van der Waals surface area (Å²) < 4.78 is 4.70. The van der Waals surface area contributed by atoms with Crippen LogP contribution in [0.3, 0.4) is 0 Å². The van der Waals surface area contributed by atoms with Crippen LogP contribution in [0.5, 0.6) is 0 Å². The number of methoxy groups -OCH3 is 1. The van der Waals surface area contributed by atoms with Gasteiger partial charge in [0.2, 0.25) is 0 Å². The molecule has 0 N–H and O–H groups in total. The summed E-state index contributed by atoms with van der Waals surface area (Å²) in [5.41, 5.74) is 0. The maximum atomic E-state index is 12.1. The zero-order valence-corrected chi connectivity index (χ0v) is 9.95. The Hall–Kier alpha value is -0.860. The van der Waals surface area contributed by atoms with Gasteiger partial charge >= 0.3 is 5.97 Å². The molecule has 3 atom stereocenters. The fourth-order valence-corrected chi connectivity index (χ4v) is 2.40. The van der Waals surface area contributed by atoms with E-state index in [1.54, 1.807) is 0 Å². The molecule has 1 fully saturated rings. The number of hydrogen-bond acceptors (Lipinski definition) is 3. The lowest BCUT2D eigenvalue weighted by Crippen LogP contribution is -2.41. The molecule has 1 unspecified atom stereocenters. The van der Waals surface area contributed by atoms with Crippen LogP contribution in [0.15, 0.2) is 0 Å². The second-order valence-corrected chi connectivity index (χ2v) is 4.81. The van der Waals surface area contributed by atoms with Crippen LogP contribution in [0.2, 0.25) is 0 Å². The van der Waals surface area contributed by atoms with Crippen LogP contribution in [0.1, 0.15) is 33.6 Å². The highest BCUT2D eigenvalue weighted by Gasteiger charge is 2.41. The van der Waals surface area contributed by atoms with E-state index >= 15 is 0 Å². The van der Waals surface area contributed by atoms with Crippen molar-refractivity contribution in [2.24, 2.45) is 23.7 Å². The number of esters is 1. The Labute approximate surface area is 91.2 Å². The predicted molar refractivity (Wildman–Crippen MR) is 57.2 cm³/mol. The lowest BCUT2D eigenvalue weighted by Gasteiger charge is -2.33. The minimum absolute atomic E-state index is 0.0327. The first kappa shape index (κ1) is 12.2. The zero-order valence-electron chi connectivity index (χ0n) is 9.95. The Morgan fingerprint density at radius 2 is 2.00 bits per heavy atom. The molecule has 3 heteroatoms. The van der Waals surface area contributed by atoms with Crippen molar-refractivity contribution in [2.45, 2.75) is 33.6 Å². The van der Waals surface area contributed by atoms with Crippen molar-refractivity contribution in [1.82, 2.24) is 0 Å². The molecular weight excluding hydrogens is 192 g/mol. The molecule has 0 saturated heterocycles. The van der Waals surface area contributed by atoms with Crippen LogP contribution in [0.4, 0.5) is 0 Å². The van der Waals surface area contributed by atoms with Gasteiger partial charge in [0.15, 0.2) is 5.78 Å². The van der Waals surface area contributed by atoms with Gasteiger partial charge in [-0.15, -0.1) is 0 Å². The quantitative estimate of drug-likeness (QED) is 0.519. The molecule has 86 valence electrons. The maximum absolute atomic E-state index is 12.1. The van der Waals surface area contributed by atoms with Crippen LogP contribution in [0, 0.1) is 23.7 Å². The molecule has 0 aromatic rings. The summed E-state index contributed by atoms with van der Waals surface area (Å²) in [6.07, 6.45) is 1.85. The van der Waals surface area contributed by atoms with E-state index in [1.165, 1.54) is 7.11 Å². The lowest BCUT2D eigenvalue weighted by atomic mass is 9.70. The molecule has 0 heterocycles. The topological polar surface area (TPSA) is 43.4 Å². The molecule has 0 spiro atoms. The predicted octanol–water partition coefficient (Wildman–Crippen LogP) is 2.05. The van der Waals surface area contributed by atoms with Crippen molar-refractivity contribution in [3.63, 3.8) is 0 Å². The summed E-state index contributed by atoms with van der Waals surface area (Å²) >= 11 is 0. The minimum atomic E-state index is -0.531. The van der Waals surface area contributed by atoms with Gasteiger partial charge in [0.1, 0.15) is 5.92 Å². The Balaban J connectivity index is 2.83. The second kappa shape index (κ2) is 4.77. The number of carbonyl (C=O) groups is 2. The summed E-state index contributed by atoms with van der Waals surface area (Å²) in [6.45, 7) is 6.02. The SMILES string of the molecule is COC(=O)C1C(=O)[C@@H](C(C)C)CC[C@@H]1C. The average molecular weight is 212 g/mol. The molecule has 0 aromatic carbocycles. The van der Waals surface area contributed by atoms with E-state index in [0.717, 1.165) is 12.8 Å². The van der Waals surface area contributed by atoms with Gasteiger partial charge in [0.05, 0.1) is 7.11 Å². The van der Waals surface area contributed by atoms with E-state index in [9.17, 15) is 9.59 Å². The smallest absolute Gasteiger partial charge is 0.316 e. The van der Waals surface area contributed by atoms with Crippen molar-refractivity contribution in [3.8, 4) is 0 Å². The third-order valence-electron chi connectivity index (χ3n) is 3.43. The van der Waals surface area contributed by atoms with Crippen LogP contribution in [0.25, 0.3) is 0 Å². The van der Waals surface area contributed by atoms with E-state index in [1.807, 2.05) is 20.8 Å². The maximum Gasteiger partial charge on any atom is 0.316 e. The fraction of sp³-hybridized carbons (Fsp3) is 0.833. The Bertz CT molecular complexity index is 258. The molecule has 1 saturated carbocycles. The molecule has 3 nitrogen and oxygen atoms in total. The molecule has 0 amide bonds.